The van der Waals surface area contributed by atoms with Crippen LogP contribution in [0.5, 0.6) is 11.5 Å². The molecule has 0 bridgehead atoms. The highest BCUT2D eigenvalue weighted by Crippen LogP contribution is 2.32. The number of rotatable bonds is 3. The molecule has 1 aliphatic rings. The lowest BCUT2D eigenvalue weighted by Crippen LogP contribution is -2.33. The highest BCUT2D eigenvalue weighted by Gasteiger charge is 2.22. The molecule has 3 rings (SSSR count). The molecule has 1 aromatic carbocycles. The third kappa shape index (κ3) is 2.66. The zero-order chi connectivity index (χ0) is 15.5. The molecular weight excluding hydrogens is 282 g/mol. The van der Waals surface area contributed by atoms with Crippen LogP contribution >= 0.6 is 0 Å². The molecule has 0 saturated heterocycles. The molecule has 5 heteroatoms. The number of carbonyl (C=O) groups is 1. The molecule has 22 heavy (non-hydrogen) atoms. The first-order chi connectivity index (χ1) is 10.7. The Morgan fingerprint density at radius 2 is 1.68 bits per heavy atom. The molecule has 2 aromatic rings. The zero-order valence-electron chi connectivity index (χ0n) is 12.8. The van der Waals surface area contributed by atoms with Crippen LogP contribution in [-0.2, 0) is 12.8 Å². The second kappa shape index (κ2) is 6.13. The van der Waals surface area contributed by atoms with Crippen LogP contribution in [0.2, 0.25) is 0 Å². The molecule has 0 saturated carbocycles. The van der Waals surface area contributed by atoms with E-state index < -0.39 is 0 Å². The van der Waals surface area contributed by atoms with Crippen molar-refractivity contribution in [2.45, 2.75) is 12.8 Å². The van der Waals surface area contributed by atoms with Crippen LogP contribution in [0, 0.1) is 0 Å². The van der Waals surface area contributed by atoms with E-state index in [-0.39, 0.29) is 5.91 Å². The summed E-state index contributed by atoms with van der Waals surface area (Å²) in [6.07, 6.45) is 3.11. The quantitative estimate of drug-likeness (QED) is 0.874. The fourth-order valence-electron chi connectivity index (χ4n) is 2.81. The number of hydrogen-bond acceptors (Lipinski definition) is 4. The Morgan fingerprint density at radius 1 is 1.09 bits per heavy atom. The van der Waals surface area contributed by atoms with Gasteiger partial charge in [-0.2, -0.15) is 0 Å². The molecule has 0 aliphatic carbocycles. The van der Waals surface area contributed by atoms with Crippen LogP contribution in [0.4, 0.5) is 0 Å². The molecule has 2 heterocycles. The van der Waals surface area contributed by atoms with Gasteiger partial charge in [-0.15, -0.1) is 0 Å². The second-order valence-electron chi connectivity index (χ2n) is 5.25. The van der Waals surface area contributed by atoms with Crippen LogP contribution in [0.25, 0.3) is 0 Å². The average Bonchev–Trinajstić information content (AvgIpc) is 3.00. The fourth-order valence-corrected chi connectivity index (χ4v) is 2.81. The molecule has 5 nitrogen and oxygen atoms in total. The predicted octanol–water partition coefficient (Wildman–Crippen LogP) is 2.54. The maximum Gasteiger partial charge on any atom is 0.289 e. The average molecular weight is 301 g/mol. The minimum atomic E-state index is -0.0586. The molecular formula is C17H19NO4. The minimum absolute atomic E-state index is 0.0586. The number of furan rings is 1. The smallest absolute Gasteiger partial charge is 0.289 e. The van der Waals surface area contributed by atoms with E-state index >= 15 is 0 Å². The van der Waals surface area contributed by atoms with Gasteiger partial charge in [-0.25, -0.2) is 0 Å². The Morgan fingerprint density at radius 3 is 2.14 bits per heavy atom. The number of hydrogen-bond donors (Lipinski definition) is 0. The van der Waals surface area contributed by atoms with Crippen LogP contribution in [0.1, 0.15) is 21.7 Å². The largest absolute Gasteiger partial charge is 0.493 e. The molecule has 0 unspecified atom stereocenters. The van der Waals surface area contributed by atoms with Crippen molar-refractivity contribution in [2.75, 3.05) is 27.3 Å². The summed E-state index contributed by atoms with van der Waals surface area (Å²) < 4.78 is 15.9. The number of carbonyl (C=O) groups excluding carboxylic acids is 1. The maximum atomic E-state index is 12.4. The molecule has 116 valence electrons. The van der Waals surface area contributed by atoms with Gasteiger partial charge in [-0.1, -0.05) is 0 Å². The summed E-state index contributed by atoms with van der Waals surface area (Å²) in [7, 11) is 3.27. The SMILES string of the molecule is COc1cc2c(cc1OC)CCN(C(=O)c1ccco1)CC2. The number of benzene rings is 1. The molecule has 0 N–H and O–H groups in total. The number of fused-ring (bicyclic) bond motifs is 1. The minimum Gasteiger partial charge on any atom is -0.493 e. The Labute approximate surface area is 129 Å². The summed E-state index contributed by atoms with van der Waals surface area (Å²) in [6, 6.07) is 7.45. The Bertz CT molecular complexity index is 629. The van der Waals surface area contributed by atoms with Crippen molar-refractivity contribution >= 4 is 5.91 Å². The van der Waals surface area contributed by atoms with Crippen molar-refractivity contribution in [3.63, 3.8) is 0 Å². The Hall–Kier alpha value is -2.43. The van der Waals surface area contributed by atoms with Gasteiger partial charge < -0.3 is 18.8 Å². The van der Waals surface area contributed by atoms with Crippen molar-refractivity contribution in [3.8, 4) is 11.5 Å². The van der Waals surface area contributed by atoms with Crippen LogP contribution in [-0.4, -0.2) is 38.1 Å². The van der Waals surface area contributed by atoms with Gasteiger partial charge in [-0.05, 0) is 48.2 Å². The van der Waals surface area contributed by atoms with E-state index in [0.717, 1.165) is 24.3 Å². The van der Waals surface area contributed by atoms with Crippen molar-refractivity contribution < 1.29 is 18.7 Å². The van der Waals surface area contributed by atoms with Gasteiger partial charge in [0.1, 0.15) is 0 Å². The third-order valence-electron chi connectivity index (χ3n) is 4.03. The number of nitrogens with zero attached hydrogens (tertiary/aromatic N) is 1. The van der Waals surface area contributed by atoms with Gasteiger partial charge in [-0.3, -0.25) is 4.79 Å². The standard InChI is InChI=1S/C17H19NO4/c1-20-15-10-12-5-7-18(17(19)14-4-3-9-22-14)8-6-13(12)11-16(15)21-2/h3-4,9-11H,5-8H2,1-2H3. The number of ether oxygens (including phenoxy) is 2. The van der Waals surface area contributed by atoms with E-state index in [1.54, 1.807) is 26.4 Å². The van der Waals surface area contributed by atoms with Crippen molar-refractivity contribution in [3.05, 3.63) is 47.4 Å². The highest BCUT2D eigenvalue weighted by atomic mass is 16.5. The lowest BCUT2D eigenvalue weighted by atomic mass is 10.0. The molecule has 1 amide bonds. The van der Waals surface area contributed by atoms with Gasteiger partial charge in [0.05, 0.1) is 20.5 Å². The third-order valence-corrected chi connectivity index (χ3v) is 4.03. The van der Waals surface area contributed by atoms with Crippen LogP contribution in [0.15, 0.2) is 34.9 Å². The van der Waals surface area contributed by atoms with Crippen molar-refractivity contribution in [1.82, 2.24) is 4.90 Å². The first kappa shape index (κ1) is 14.5. The van der Waals surface area contributed by atoms with E-state index in [0.29, 0.717) is 18.8 Å². The van der Waals surface area contributed by atoms with Gasteiger partial charge in [0.15, 0.2) is 17.3 Å². The molecule has 0 radical (unpaired) electrons. The predicted molar refractivity (Wildman–Crippen MR) is 81.6 cm³/mol. The Kier molecular flexibility index (Phi) is 4.04. The topological polar surface area (TPSA) is 51.9 Å². The number of amides is 1. The zero-order valence-corrected chi connectivity index (χ0v) is 12.8. The molecule has 1 aromatic heterocycles. The van der Waals surface area contributed by atoms with Crippen molar-refractivity contribution in [1.29, 1.82) is 0 Å². The Balaban J connectivity index is 1.82. The van der Waals surface area contributed by atoms with E-state index in [2.05, 4.69) is 0 Å². The summed E-state index contributed by atoms with van der Waals surface area (Å²) >= 11 is 0. The van der Waals surface area contributed by atoms with Crippen molar-refractivity contribution in [2.24, 2.45) is 0 Å². The molecule has 1 aliphatic heterocycles. The van der Waals surface area contributed by atoms with Gasteiger partial charge in [0, 0.05) is 13.1 Å². The van der Waals surface area contributed by atoms with Crippen LogP contribution < -0.4 is 9.47 Å². The normalized spacial score (nSPS) is 14.2. The lowest BCUT2D eigenvalue weighted by molar-refractivity contribution is 0.0731. The van der Waals surface area contributed by atoms with Gasteiger partial charge in [0.2, 0.25) is 0 Å². The van der Waals surface area contributed by atoms with E-state index in [1.807, 2.05) is 17.0 Å². The summed E-state index contributed by atoms with van der Waals surface area (Å²) in [6.45, 7) is 1.34. The number of methoxy groups -OCH3 is 2. The second-order valence-corrected chi connectivity index (χ2v) is 5.25. The first-order valence-electron chi connectivity index (χ1n) is 7.29. The van der Waals surface area contributed by atoms with E-state index in [9.17, 15) is 4.79 Å². The highest BCUT2D eigenvalue weighted by molar-refractivity contribution is 5.91. The van der Waals surface area contributed by atoms with E-state index in [1.165, 1.54) is 17.4 Å². The van der Waals surface area contributed by atoms with Gasteiger partial charge >= 0.3 is 0 Å². The molecule has 0 fully saturated rings. The van der Waals surface area contributed by atoms with E-state index in [4.69, 9.17) is 13.9 Å². The summed E-state index contributed by atoms with van der Waals surface area (Å²) in [4.78, 5) is 14.2. The summed E-state index contributed by atoms with van der Waals surface area (Å²) in [5.41, 5.74) is 2.40. The van der Waals surface area contributed by atoms with Crippen LogP contribution in [0.3, 0.4) is 0 Å². The molecule has 0 spiro atoms. The maximum absolute atomic E-state index is 12.4. The fraction of sp³-hybridized carbons (Fsp3) is 0.353. The summed E-state index contributed by atoms with van der Waals surface area (Å²) in [5.74, 6) is 1.79. The molecule has 0 atom stereocenters. The monoisotopic (exact) mass is 301 g/mol. The summed E-state index contributed by atoms with van der Waals surface area (Å²) in [5, 5.41) is 0. The van der Waals surface area contributed by atoms with Gasteiger partial charge in [0.25, 0.3) is 5.91 Å². The first-order valence-corrected chi connectivity index (χ1v) is 7.29. The lowest BCUT2D eigenvalue weighted by Gasteiger charge is -2.18.